The van der Waals surface area contributed by atoms with Gasteiger partial charge in [-0.3, -0.25) is 9.59 Å². The molecule has 206 valence electrons. The standard InChI is InChI=1S/C27H37N5O5S/c1-17-12-18(2)24(19(3)13-17)38(36,37)31-23(27(34)35)14-29-26(33)21-15-32(16-21)11-5-7-22-9-8-20-6-4-10-28-25(20)30-22/h8-9,12-13,21,23,31H,4-7,10-11,14-16H2,1-3H3,(H,28,30)(H,29,33)(H,34,35). The Kier molecular flexibility index (Phi) is 8.69. The Morgan fingerprint density at radius 3 is 2.58 bits per heavy atom. The second-order valence-electron chi connectivity index (χ2n) is 10.4. The molecule has 1 fully saturated rings. The summed E-state index contributed by atoms with van der Waals surface area (Å²) in [5, 5.41) is 15.6. The number of anilines is 1. The number of nitrogens with one attached hydrogen (secondary N) is 3. The minimum absolute atomic E-state index is 0.0668. The molecule has 38 heavy (non-hydrogen) atoms. The van der Waals surface area contributed by atoms with Crippen LogP contribution < -0.4 is 15.4 Å². The average Bonchev–Trinajstić information content (AvgIpc) is 2.81. The molecule has 0 radical (unpaired) electrons. The van der Waals surface area contributed by atoms with Gasteiger partial charge in [0.1, 0.15) is 11.9 Å². The zero-order chi connectivity index (χ0) is 27.4. The molecule has 1 amide bonds. The number of likely N-dealkylation sites (tertiary alicyclic amines) is 1. The van der Waals surface area contributed by atoms with E-state index in [0.717, 1.165) is 55.8 Å². The maximum atomic E-state index is 13.0. The molecule has 0 spiro atoms. The minimum atomic E-state index is -4.09. The molecule has 0 saturated carbocycles. The number of carbonyl (C=O) groups excluding carboxylic acids is 1. The van der Waals surface area contributed by atoms with E-state index in [0.29, 0.717) is 24.2 Å². The van der Waals surface area contributed by atoms with Crippen LogP contribution >= 0.6 is 0 Å². The number of amides is 1. The van der Waals surface area contributed by atoms with Gasteiger partial charge < -0.3 is 20.6 Å². The van der Waals surface area contributed by atoms with Crippen LogP contribution in [-0.2, 0) is 32.5 Å². The largest absolute Gasteiger partial charge is 0.480 e. The molecule has 2 aromatic rings. The van der Waals surface area contributed by atoms with Gasteiger partial charge >= 0.3 is 5.97 Å². The normalized spacial score (nSPS) is 16.7. The summed E-state index contributed by atoms with van der Waals surface area (Å²) in [6.07, 6.45) is 4.00. The van der Waals surface area contributed by atoms with Crippen molar-refractivity contribution < 1.29 is 23.1 Å². The highest BCUT2D eigenvalue weighted by Gasteiger charge is 2.34. The molecule has 1 aromatic carbocycles. The molecule has 2 aliphatic heterocycles. The second kappa shape index (κ2) is 11.8. The number of carboxylic acids is 1. The lowest BCUT2D eigenvalue weighted by Crippen LogP contribution is -2.56. The van der Waals surface area contributed by atoms with Crippen molar-refractivity contribution in [2.45, 2.75) is 57.4 Å². The lowest BCUT2D eigenvalue weighted by Gasteiger charge is -2.38. The van der Waals surface area contributed by atoms with Crippen LogP contribution in [0, 0.1) is 26.7 Å². The molecule has 0 bridgehead atoms. The Bertz CT molecular complexity index is 1280. The molecule has 1 aromatic heterocycles. The summed E-state index contributed by atoms with van der Waals surface area (Å²) in [5.74, 6) is -0.858. The number of hydrogen-bond donors (Lipinski definition) is 4. The molecule has 4 N–H and O–H groups in total. The third-order valence-corrected chi connectivity index (χ3v) is 8.91. The molecule has 10 nitrogen and oxygen atoms in total. The Hall–Kier alpha value is -3.02. The van der Waals surface area contributed by atoms with Gasteiger partial charge in [-0.2, -0.15) is 4.72 Å². The number of hydrogen-bond acceptors (Lipinski definition) is 7. The van der Waals surface area contributed by atoms with Crippen LogP contribution in [0.25, 0.3) is 0 Å². The Labute approximate surface area is 224 Å². The van der Waals surface area contributed by atoms with E-state index in [1.807, 2.05) is 6.92 Å². The number of aromatic nitrogens is 1. The maximum absolute atomic E-state index is 13.0. The van der Waals surface area contributed by atoms with Crippen LogP contribution in [0.3, 0.4) is 0 Å². The first kappa shape index (κ1) is 28.0. The molecular formula is C27H37N5O5S. The zero-order valence-electron chi connectivity index (χ0n) is 22.2. The van der Waals surface area contributed by atoms with Gasteiger partial charge in [-0.05, 0) is 75.8 Å². The summed E-state index contributed by atoms with van der Waals surface area (Å²) in [7, 11) is -4.09. The molecule has 2 aliphatic rings. The topological polar surface area (TPSA) is 141 Å². The van der Waals surface area contributed by atoms with Crippen molar-refractivity contribution >= 4 is 27.7 Å². The van der Waals surface area contributed by atoms with Crippen LogP contribution in [0.1, 0.15) is 40.8 Å². The third-order valence-electron chi connectivity index (χ3n) is 7.14. The van der Waals surface area contributed by atoms with Crippen molar-refractivity contribution in [1.29, 1.82) is 0 Å². The van der Waals surface area contributed by atoms with Gasteiger partial charge in [0.05, 0.1) is 10.8 Å². The predicted molar refractivity (Wildman–Crippen MR) is 145 cm³/mol. The van der Waals surface area contributed by atoms with Crippen LogP contribution in [-0.4, -0.2) is 74.1 Å². The summed E-state index contributed by atoms with van der Waals surface area (Å²) in [5.41, 5.74) is 4.33. The molecular weight excluding hydrogens is 506 g/mol. The average molecular weight is 544 g/mol. The number of pyridine rings is 1. The summed E-state index contributed by atoms with van der Waals surface area (Å²) >= 11 is 0. The SMILES string of the molecule is Cc1cc(C)c(S(=O)(=O)NC(CNC(=O)C2CN(CCCc3ccc4c(n3)NCCC4)C2)C(=O)O)c(C)c1. The third kappa shape index (κ3) is 6.69. The number of sulfonamides is 1. The van der Waals surface area contributed by atoms with Crippen molar-refractivity contribution in [3.63, 3.8) is 0 Å². The van der Waals surface area contributed by atoms with Crippen molar-refractivity contribution in [3.05, 3.63) is 52.2 Å². The summed E-state index contributed by atoms with van der Waals surface area (Å²) in [4.78, 5) is 31.3. The van der Waals surface area contributed by atoms with E-state index < -0.39 is 22.0 Å². The Morgan fingerprint density at radius 1 is 1.18 bits per heavy atom. The number of fused-ring (bicyclic) bond motifs is 1. The van der Waals surface area contributed by atoms with Crippen molar-refractivity contribution in [1.82, 2.24) is 19.9 Å². The van der Waals surface area contributed by atoms with Gasteiger partial charge in [0.25, 0.3) is 0 Å². The van der Waals surface area contributed by atoms with E-state index >= 15 is 0 Å². The van der Waals surface area contributed by atoms with Crippen LogP contribution in [0.2, 0.25) is 0 Å². The highest BCUT2D eigenvalue weighted by molar-refractivity contribution is 7.89. The van der Waals surface area contributed by atoms with Gasteiger partial charge in [0.2, 0.25) is 15.9 Å². The summed E-state index contributed by atoms with van der Waals surface area (Å²) < 4.78 is 28.2. The maximum Gasteiger partial charge on any atom is 0.323 e. The molecule has 3 heterocycles. The quantitative estimate of drug-likeness (QED) is 0.336. The number of rotatable bonds is 11. The summed E-state index contributed by atoms with van der Waals surface area (Å²) in [6.45, 7) is 7.89. The van der Waals surface area contributed by atoms with Gasteiger partial charge in [0.15, 0.2) is 0 Å². The van der Waals surface area contributed by atoms with Crippen molar-refractivity contribution in [2.75, 3.05) is 38.0 Å². The Balaban J connectivity index is 1.22. The molecule has 1 unspecified atom stereocenters. The smallest absolute Gasteiger partial charge is 0.323 e. The first-order chi connectivity index (χ1) is 18.0. The predicted octanol–water partition coefficient (Wildman–Crippen LogP) is 1.78. The van der Waals surface area contributed by atoms with E-state index in [-0.39, 0.29) is 23.3 Å². The number of carbonyl (C=O) groups is 2. The van der Waals surface area contributed by atoms with Crippen LogP contribution in [0.15, 0.2) is 29.2 Å². The molecule has 11 heteroatoms. The molecule has 1 atom stereocenters. The lowest BCUT2D eigenvalue weighted by molar-refractivity contribution is -0.139. The van der Waals surface area contributed by atoms with E-state index in [1.54, 1.807) is 26.0 Å². The first-order valence-electron chi connectivity index (χ1n) is 13.1. The van der Waals surface area contributed by atoms with E-state index in [2.05, 4.69) is 32.4 Å². The number of aliphatic carboxylic acids is 1. The van der Waals surface area contributed by atoms with Crippen LogP contribution in [0.5, 0.6) is 0 Å². The molecule has 0 aliphatic carbocycles. The number of nitrogens with zero attached hydrogens (tertiary/aromatic N) is 2. The van der Waals surface area contributed by atoms with Crippen LogP contribution in [0.4, 0.5) is 5.82 Å². The van der Waals surface area contributed by atoms with E-state index in [9.17, 15) is 23.1 Å². The fraction of sp³-hybridized carbons (Fsp3) is 0.519. The lowest BCUT2D eigenvalue weighted by atomic mass is 9.98. The van der Waals surface area contributed by atoms with E-state index in [1.165, 1.54) is 5.56 Å². The van der Waals surface area contributed by atoms with Gasteiger partial charge in [-0.15, -0.1) is 0 Å². The van der Waals surface area contributed by atoms with E-state index in [4.69, 9.17) is 4.98 Å². The Morgan fingerprint density at radius 2 is 1.89 bits per heavy atom. The van der Waals surface area contributed by atoms with Gasteiger partial charge in [-0.25, -0.2) is 13.4 Å². The molecule has 1 saturated heterocycles. The zero-order valence-corrected chi connectivity index (χ0v) is 23.0. The summed E-state index contributed by atoms with van der Waals surface area (Å²) in [6, 6.07) is 6.25. The van der Waals surface area contributed by atoms with Gasteiger partial charge in [-0.1, -0.05) is 23.8 Å². The minimum Gasteiger partial charge on any atom is -0.480 e. The van der Waals surface area contributed by atoms with Gasteiger partial charge in [0, 0.05) is 31.9 Å². The highest BCUT2D eigenvalue weighted by atomic mass is 32.2. The van der Waals surface area contributed by atoms with Crippen molar-refractivity contribution in [2.24, 2.45) is 5.92 Å². The second-order valence-corrected chi connectivity index (χ2v) is 12.0. The van der Waals surface area contributed by atoms with Crippen molar-refractivity contribution in [3.8, 4) is 0 Å². The first-order valence-corrected chi connectivity index (χ1v) is 14.6. The fourth-order valence-electron chi connectivity index (χ4n) is 5.27. The monoisotopic (exact) mass is 543 g/mol. The number of aryl methyl sites for hydroxylation is 5. The fourth-order valence-corrected chi connectivity index (χ4v) is 6.92. The number of carboxylic acid groups (broad SMARTS) is 1. The number of benzene rings is 1. The molecule has 4 rings (SSSR count). The highest BCUT2D eigenvalue weighted by Crippen LogP contribution is 2.23.